The van der Waals surface area contributed by atoms with Crippen molar-refractivity contribution in [2.45, 2.75) is 6.92 Å². The minimum Gasteiger partial charge on any atom is -0.477 e. The number of rotatable bonds is 2. The maximum atomic E-state index is 10.9. The van der Waals surface area contributed by atoms with E-state index >= 15 is 0 Å². The second-order valence-corrected chi connectivity index (χ2v) is 2.88. The number of aromatic carboxylic acids is 1. The third-order valence-corrected chi connectivity index (χ3v) is 1.96. The molecule has 0 radical (unpaired) electrons. The van der Waals surface area contributed by atoms with Crippen LogP contribution in [0.2, 0.25) is 0 Å². The van der Waals surface area contributed by atoms with Crippen molar-refractivity contribution >= 4 is 5.97 Å². The van der Waals surface area contributed by atoms with Crippen LogP contribution < -0.4 is 0 Å². The molecule has 5 nitrogen and oxygen atoms in total. The first-order valence-electron chi connectivity index (χ1n) is 4.02. The molecule has 0 aliphatic rings. The zero-order valence-electron chi connectivity index (χ0n) is 7.47. The van der Waals surface area contributed by atoms with Crippen LogP contribution in [0.15, 0.2) is 29.1 Å². The molecular formula is C9H8N2O3. The fraction of sp³-hybridized carbons (Fsp3) is 0.111. The molecule has 1 N–H and O–H groups in total. The van der Waals surface area contributed by atoms with Gasteiger partial charge in [-0.3, -0.25) is 4.57 Å². The Morgan fingerprint density at radius 2 is 2.36 bits per heavy atom. The number of hydrogen-bond donors (Lipinski definition) is 1. The summed E-state index contributed by atoms with van der Waals surface area (Å²) in [6, 6.07) is 3.32. The van der Waals surface area contributed by atoms with Gasteiger partial charge in [0.2, 0.25) is 0 Å². The number of aryl methyl sites for hydroxylation is 1. The first kappa shape index (κ1) is 8.55. The summed E-state index contributed by atoms with van der Waals surface area (Å²) in [5, 5.41) is 12.6. The van der Waals surface area contributed by atoms with Gasteiger partial charge in [0.1, 0.15) is 12.0 Å². The summed E-state index contributed by atoms with van der Waals surface area (Å²) < 4.78 is 6.12. The molecule has 0 spiro atoms. The van der Waals surface area contributed by atoms with Gasteiger partial charge in [0.15, 0.2) is 5.82 Å². The highest BCUT2D eigenvalue weighted by Crippen LogP contribution is 2.14. The molecule has 2 aromatic rings. The van der Waals surface area contributed by atoms with E-state index in [1.807, 2.05) is 0 Å². The van der Waals surface area contributed by atoms with Crippen LogP contribution in [0.5, 0.6) is 0 Å². The SMILES string of the molecule is Cc1ccn(-c2ccon2)c1C(=O)O. The molecule has 0 fully saturated rings. The van der Waals surface area contributed by atoms with Gasteiger partial charge in [-0.1, -0.05) is 5.16 Å². The van der Waals surface area contributed by atoms with Gasteiger partial charge >= 0.3 is 5.97 Å². The average molecular weight is 192 g/mol. The largest absolute Gasteiger partial charge is 0.477 e. The minimum atomic E-state index is -0.976. The monoisotopic (exact) mass is 192 g/mol. The number of carboxylic acid groups (broad SMARTS) is 1. The maximum absolute atomic E-state index is 10.9. The molecule has 5 heteroatoms. The molecule has 0 saturated carbocycles. The summed E-state index contributed by atoms with van der Waals surface area (Å²) >= 11 is 0. The van der Waals surface area contributed by atoms with E-state index in [2.05, 4.69) is 9.68 Å². The van der Waals surface area contributed by atoms with Crippen LogP contribution in [0.25, 0.3) is 5.82 Å². The molecule has 0 aromatic carbocycles. The molecule has 72 valence electrons. The average Bonchev–Trinajstić information content (AvgIpc) is 2.70. The van der Waals surface area contributed by atoms with E-state index in [-0.39, 0.29) is 5.69 Å². The molecule has 0 unspecified atom stereocenters. The number of hydrogen-bond acceptors (Lipinski definition) is 3. The number of aromatic nitrogens is 2. The number of carboxylic acids is 1. The van der Waals surface area contributed by atoms with Gasteiger partial charge in [-0.15, -0.1) is 0 Å². The highest BCUT2D eigenvalue weighted by atomic mass is 16.5. The second-order valence-electron chi connectivity index (χ2n) is 2.88. The molecule has 0 saturated heterocycles. The Balaban J connectivity index is 2.60. The highest BCUT2D eigenvalue weighted by molar-refractivity contribution is 5.88. The molecule has 2 aromatic heterocycles. The van der Waals surface area contributed by atoms with Crippen LogP contribution >= 0.6 is 0 Å². The van der Waals surface area contributed by atoms with Crippen LogP contribution in [0.3, 0.4) is 0 Å². The van der Waals surface area contributed by atoms with Gasteiger partial charge < -0.3 is 9.63 Å². The second kappa shape index (κ2) is 3.02. The molecule has 14 heavy (non-hydrogen) atoms. The van der Waals surface area contributed by atoms with Crippen molar-refractivity contribution in [3.63, 3.8) is 0 Å². The van der Waals surface area contributed by atoms with Crippen LogP contribution in [0.4, 0.5) is 0 Å². The van der Waals surface area contributed by atoms with E-state index in [9.17, 15) is 4.79 Å². The van der Waals surface area contributed by atoms with Crippen molar-refractivity contribution in [3.05, 3.63) is 35.9 Å². The van der Waals surface area contributed by atoms with Crippen LogP contribution in [-0.2, 0) is 0 Å². The summed E-state index contributed by atoms with van der Waals surface area (Å²) in [6.45, 7) is 1.74. The fourth-order valence-electron chi connectivity index (χ4n) is 1.32. The molecule has 0 aliphatic heterocycles. The third-order valence-electron chi connectivity index (χ3n) is 1.96. The number of nitrogens with zero attached hydrogens (tertiary/aromatic N) is 2. The van der Waals surface area contributed by atoms with Crippen LogP contribution in [0.1, 0.15) is 16.1 Å². The molecule has 2 rings (SSSR count). The van der Waals surface area contributed by atoms with Gasteiger partial charge in [-0.05, 0) is 18.6 Å². The highest BCUT2D eigenvalue weighted by Gasteiger charge is 2.15. The van der Waals surface area contributed by atoms with E-state index in [0.29, 0.717) is 11.4 Å². The van der Waals surface area contributed by atoms with Gasteiger partial charge in [-0.2, -0.15) is 0 Å². The topological polar surface area (TPSA) is 68.3 Å². The minimum absolute atomic E-state index is 0.207. The van der Waals surface area contributed by atoms with Crippen molar-refractivity contribution in [1.29, 1.82) is 0 Å². The van der Waals surface area contributed by atoms with E-state index in [0.717, 1.165) is 0 Å². The summed E-state index contributed by atoms with van der Waals surface area (Å²) in [7, 11) is 0. The van der Waals surface area contributed by atoms with Gasteiger partial charge in [-0.25, -0.2) is 4.79 Å². The summed E-state index contributed by atoms with van der Waals surface area (Å²) in [6.07, 6.45) is 3.05. The lowest BCUT2D eigenvalue weighted by Crippen LogP contribution is -2.07. The van der Waals surface area contributed by atoms with E-state index in [1.165, 1.54) is 10.8 Å². The van der Waals surface area contributed by atoms with Crippen molar-refractivity contribution < 1.29 is 14.4 Å². The zero-order valence-corrected chi connectivity index (χ0v) is 7.47. The maximum Gasteiger partial charge on any atom is 0.353 e. The van der Waals surface area contributed by atoms with Crippen molar-refractivity contribution in [3.8, 4) is 5.82 Å². The lowest BCUT2D eigenvalue weighted by Gasteiger charge is -2.00. The normalized spacial score (nSPS) is 10.4. The third kappa shape index (κ3) is 1.19. The molecule has 0 aliphatic carbocycles. The standard InChI is InChI=1S/C9H8N2O3/c1-6-2-4-11(8(6)9(12)13)7-3-5-14-10-7/h2-5H,1H3,(H,12,13). The van der Waals surface area contributed by atoms with Gasteiger partial charge in [0.05, 0.1) is 0 Å². The lowest BCUT2D eigenvalue weighted by atomic mass is 10.3. The zero-order chi connectivity index (χ0) is 10.1. The summed E-state index contributed by atoms with van der Waals surface area (Å²) in [4.78, 5) is 10.9. The predicted molar refractivity (Wildman–Crippen MR) is 47.5 cm³/mol. The molecule has 2 heterocycles. The molecule has 0 bridgehead atoms. The van der Waals surface area contributed by atoms with E-state index in [1.54, 1.807) is 25.3 Å². The van der Waals surface area contributed by atoms with Crippen molar-refractivity contribution in [2.75, 3.05) is 0 Å². The Hall–Kier alpha value is -2.04. The van der Waals surface area contributed by atoms with Crippen LogP contribution in [-0.4, -0.2) is 20.8 Å². The Kier molecular flexibility index (Phi) is 1.85. The van der Waals surface area contributed by atoms with E-state index < -0.39 is 5.97 Å². The summed E-state index contributed by atoms with van der Waals surface area (Å²) in [5.41, 5.74) is 0.902. The Bertz CT molecular complexity index is 456. The Morgan fingerprint density at radius 1 is 1.57 bits per heavy atom. The lowest BCUT2D eigenvalue weighted by molar-refractivity contribution is 0.0687. The van der Waals surface area contributed by atoms with E-state index in [4.69, 9.17) is 5.11 Å². The smallest absolute Gasteiger partial charge is 0.353 e. The predicted octanol–water partition coefficient (Wildman–Crippen LogP) is 1.47. The van der Waals surface area contributed by atoms with Crippen LogP contribution in [0, 0.1) is 6.92 Å². The Labute approximate surface area is 79.6 Å². The first-order valence-corrected chi connectivity index (χ1v) is 4.02. The van der Waals surface area contributed by atoms with Gasteiger partial charge in [0, 0.05) is 12.3 Å². The van der Waals surface area contributed by atoms with Gasteiger partial charge in [0.25, 0.3) is 0 Å². The van der Waals surface area contributed by atoms with Crippen molar-refractivity contribution in [2.24, 2.45) is 0 Å². The quantitative estimate of drug-likeness (QED) is 0.782. The molecule has 0 atom stereocenters. The molecule has 0 amide bonds. The molecular weight excluding hydrogens is 184 g/mol. The fourth-order valence-corrected chi connectivity index (χ4v) is 1.32. The summed E-state index contributed by atoms with van der Waals surface area (Å²) in [5.74, 6) is -0.508. The van der Waals surface area contributed by atoms with Crippen molar-refractivity contribution in [1.82, 2.24) is 9.72 Å². The number of carbonyl (C=O) groups is 1. The first-order chi connectivity index (χ1) is 6.70. The Morgan fingerprint density at radius 3 is 2.93 bits per heavy atom.